The van der Waals surface area contributed by atoms with Crippen LogP contribution in [0.2, 0.25) is 0 Å². The van der Waals surface area contributed by atoms with Gasteiger partial charge in [0.1, 0.15) is 0 Å². The van der Waals surface area contributed by atoms with Crippen LogP contribution in [0.3, 0.4) is 0 Å². The van der Waals surface area contributed by atoms with Gasteiger partial charge in [0.2, 0.25) is 0 Å². The molecule has 2 amide bonds. The molecule has 7 heteroatoms. The van der Waals surface area contributed by atoms with E-state index in [0.29, 0.717) is 12.2 Å². The molecule has 0 fully saturated rings. The number of nitrogens with zero attached hydrogens (tertiary/aromatic N) is 1. The van der Waals surface area contributed by atoms with Crippen LogP contribution in [0.25, 0.3) is 0 Å². The summed E-state index contributed by atoms with van der Waals surface area (Å²) in [6.45, 7) is 2.08. The molecule has 7 nitrogen and oxygen atoms in total. The first-order chi connectivity index (χ1) is 8.02. The summed E-state index contributed by atoms with van der Waals surface area (Å²) in [4.78, 5) is 21.4. The quantitative estimate of drug-likeness (QED) is 0.538. The summed E-state index contributed by atoms with van der Waals surface area (Å²) in [5.74, 6) is 0. The molecule has 0 aliphatic carbocycles. The summed E-state index contributed by atoms with van der Waals surface area (Å²) >= 11 is 0. The van der Waals surface area contributed by atoms with Crippen molar-refractivity contribution in [3.8, 4) is 0 Å². The number of hydrogen-bond acceptors (Lipinski definition) is 4. The highest BCUT2D eigenvalue weighted by atomic mass is 16.6. The van der Waals surface area contributed by atoms with Gasteiger partial charge in [-0.15, -0.1) is 0 Å². The van der Waals surface area contributed by atoms with Gasteiger partial charge in [0.05, 0.1) is 4.92 Å². The molecule has 1 aromatic rings. The summed E-state index contributed by atoms with van der Waals surface area (Å²) in [6.07, 6.45) is 0. The average Bonchev–Trinajstić information content (AvgIpc) is 2.28. The Hall–Kier alpha value is -2.15. The maximum absolute atomic E-state index is 11.4. The second-order valence-electron chi connectivity index (χ2n) is 3.54. The molecule has 4 N–H and O–H groups in total. The second-order valence-corrected chi connectivity index (χ2v) is 3.54. The Bertz CT molecular complexity index is 422. The van der Waals surface area contributed by atoms with E-state index < -0.39 is 11.0 Å². The molecule has 1 rings (SSSR count). The number of benzene rings is 1. The monoisotopic (exact) mass is 238 g/mol. The first-order valence-corrected chi connectivity index (χ1v) is 5.05. The molecular formula is C10H14N4O3. The van der Waals surface area contributed by atoms with E-state index in [0.717, 1.165) is 0 Å². The summed E-state index contributed by atoms with van der Waals surface area (Å²) in [7, 11) is 0. The molecule has 0 aromatic heterocycles. The number of anilines is 1. The number of nitrogens with two attached hydrogens (primary N) is 1. The van der Waals surface area contributed by atoms with Crippen molar-refractivity contribution in [1.29, 1.82) is 0 Å². The average molecular weight is 238 g/mol. The zero-order chi connectivity index (χ0) is 12.8. The van der Waals surface area contributed by atoms with Crippen molar-refractivity contribution in [3.05, 3.63) is 34.4 Å². The van der Waals surface area contributed by atoms with Crippen LogP contribution in [0.4, 0.5) is 16.2 Å². The topological polar surface area (TPSA) is 110 Å². The fourth-order valence-corrected chi connectivity index (χ4v) is 1.15. The SMILES string of the molecule is CC(CN)NC(=O)Nc1cccc([N+](=O)[O-])c1. The largest absolute Gasteiger partial charge is 0.334 e. The highest BCUT2D eigenvalue weighted by Gasteiger charge is 2.09. The van der Waals surface area contributed by atoms with E-state index in [-0.39, 0.29) is 11.7 Å². The van der Waals surface area contributed by atoms with Crippen molar-refractivity contribution in [2.24, 2.45) is 5.73 Å². The number of carbonyl (C=O) groups is 1. The van der Waals surface area contributed by atoms with Gasteiger partial charge in [-0.05, 0) is 13.0 Å². The Morgan fingerprint density at radius 2 is 2.29 bits per heavy atom. The predicted molar refractivity (Wildman–Crippen MR) is 63.8 cm³/mol. The lowest BCUT2D eigenvalue weighted by Crippen LogP contribution is -2.40. The van der Waals surface area contributed by atoms with Crippen molar-refractivity contribution < 1.29 is 9.72 Å². The minimum atomic E-state index is -0.522. The maximum atomic E-state index is 11.4. The molecule has 1 unspecified atom stereocenters. The fourth-order valence-electron chi connectivity index (χ4n) is 1.15. The Morgan fingerprint density at radius 1 is 1.59 bits per heavy atom. The van der Waals surface area contributed by atoms with Crippen molar-refractivity contribution in [3.63, 3.8) is 0 Å². The van der Waals surface area contributed by atoms with Crippen LogP contribution >= 0.6 is 0 Å². The molecule has 0 bridgehead atoms. The van der Waals surface area contributed by atoms with Crippen LogP contribution < -0.4 is 16.4 Å². The Balaban J connectivity index is 2.65. The first-order valence-electron chi connectivity index (χ1n) is 5.05. The lowest BCUT2D eigenvalue weighted by Gasteiger charge is -2.12. The van der Waals surface area contributed by atoms with Crippen LogP contribution in [0.5, 0.6) is 0 Å². The molecule has 0 spiro atoms. The number of non-ortho nitro benzene ring substituents is 1. The Morgan fingerprint density at radius 3 is 2.88 bits per heavy atom. The molecule has 1 aromatic carbocycles. The third-order valence-electron chi connectivity index (χ3n) is 2.05. The highest BCUT2D eigenvalue weighted by Crippen LogP contribution is 2.16. The summed E-state index contributed by atoms with van der Waals surface area (Å²) in [6, 6.07) is 5.11. The zero-order valence-electron chi connectivity index (χ0n) is 9.34. The van der Waals surface area contributed by atoms with Gasteiger partial charge in [0.25, 0.3) is 5.69 Å². The van der Waals surface area contributed by atoms with Crippen LogP contribution in [0.15, 0.2) is 24.3 Å². The van der Waals surface area contributed by atoms with Crippen LogP contribution in [-0.4, -0.2) is 23.5 Å². The molecule has 17 heavy (non-hydrogen) atoms. The molecule has 1 atom stereocenters. The van der Waals surface area contributed by atoms with Crippen molar-refractivity contribution in [2.45, 2.75) is 13.0 Å². The van der Waals surface area contributed by atoms with Crippen molar-refractivity contribution >= 4 is 17.4 Å². The van der Waals surface area contributed by atoms with E-state index in [1.54, 1.807) is 13.0 Å². The van der Waals surface area contributed by atoms with Gasteiger partial charge >= 0.3 is 6.03 Å². The van der Waals surface area contributed by atoms with Crippen LogP contribution in [-0.2, 0) is 0 Å². The summed E-state index contributed by atoms with van der Waals surface area (Å²) in [5, 5.41) is 15.6. The maximum Gasteiger partial charge on any atom is 0.319 e. The molecule has 0 heterocycles. The van der Waals surface area contributed by atoms with Gasteiger partial charge in [-0.25, -0.2) is 4.79 Å². The Kier molecular flexibility index (Phi) is 4.41. The van der Waals surface area contributed by atoms with E-state index in [1.165, 1.54) is 18.2 Å². The molecule has 0 saturated carbocycles. The zero-order valence-corrected chi connectivity index (χ0v) is 9.34. The van der Waals surface area contributed by atoms with Crippen molar-refractivity contribution in [2.75, 3.05) is 11.9 Å². The van der Waals surface area contributed by atoms with Gasteiger partial charge < -0.3 is 16.4 Å². The molecular weight excluding hydrogens is 224 g/mol. The van der Waals surface area contributed by atoms with E-state index >= 15 is 0 Å². The number of nitro benzene ring substituents is 1. The van der Waals surface area contributed by atoms with Crippen molar-refractivity contribution in [1.82, 2.24) is 5.32 Å². The summed E-state index contributed by atoms with van der Waals surface area (Å²) < 4.78 is 0. The van der Waals surface area contributed by atoms with E-state index in [9.17, 15) is 14.9 Å². The van der Waals surface area contributed by atoms with Gasteiger partial charge in [-0.3, -0.25) is 10.1 Å². The molecule has 0 saturated heterocycles. The van der Waals surface area contributed by atoms with Crippen LogP contribution in [0.1, 0.15) is 6.92 Å². The third kappa shape index (κ3) is 4.07. The lowest BCUT2D eigenvalue weighted by atomic mass is 10.3. The molecule has 0 radical (unpaired) electrons. The number of urea groups is 1. The van der Waals surface area contributed by atoms with Gasteiger partial charge in [0, 0.05) is 30.4 Å². The molecule has 0 aliphatic rings. The van der Waals surface area contributed by atoms with Crippen LogP contribution in [0, 0.1) is 10.1 Å². The third-order valence-corrected chi connectivity index (χ3v) is 2.05. The van der Waals surface area contributed by atoms with E-state index in [2.05, 4.69) is 10.6 Å². The number of carbonyl (C=O) groups excluding carboxylic acids is 1. The summed E-state index contributed by atoms with van der Waals surface area (Å²) in [5.41, 5.74) is 5.63. The molecule has 92 valence electrons. The number of nitrogens with one attached hydrogen (secondary N) is 2. The Labute approximate surface area is 98.1 Å². The van der Waals surface area contributed by atoms with E-state index in [1.807, 2.05) is 0 Å². The minimum absolute atomic E-state index is 0.0744. The number of hydrogen-bond donors (Lipinski definition) is 3. The molecule has 0 aliphatic heterocycles. The number of amides is 2. The van der Waals surface area contributed by atoms with Gasteiger partial charge in [-0.2, -0.15) is 0 Å². The fraction of sp³-hybridized carbons (Fsp3) is 0.300. The van der Waals surface area contributed by atoms with Gasteiger partial charge in [-0.1, -0.05) is 6.07 Å². The van der Waals surface area contributed by atoms with E-state index in [4.69, 9.17) is 5.73 Å². The predicted octanol–water partition coefficient (Wildman–Crippen LogP) is 1.06. The standard InChI is InChI=1S/C10H14N4O3/c1-7(6-11)12-10(15)13-8-3-2-4-9(5-8)14(16)17/h2-5,7H,6,11H2,1H3,(H2,12,13,15). The van der Waals surface area contributed by atoms with Gasteiger partial charge in [0.15, 0.2) is 0 Å². The highest BCUT2D eigenvalue weighted by molar-refractivity contribution is 5.89. The smallest absolute Gasteiger partial charge is 0.319 e. The number of nitro groups is 1. The number of rotatable bonds is 4. The lowest BCUT2D eigenvalue weighted by molar-refractivity contribution is -0.384. The second kappa shape index (κ2) is 5.80. The first kappa shape index (κ1) is 12.9. The minimum Gasteiger partial charge on any atom is -0.334 e. The normalized spacial score (nSPS) is 11.6.